The predicted molar refractivity (Wildman–Crippen MR) is 80.2 cm³/mol. The Morgan fingerprint density at radius 3 is 2.60 bits per heavy atom. The topological polar surface area (TPSA) is 59.4 Å². The number of rotatable bonds is 3. The summed E-state index contributed by atoms with van der Waals surface area (Å²) in [6, 6.07) is 6.05. The number of carboxylic acids is 1. The fourth-order valence-corrected chi connectivity index (χ4v) is 2.35. The molecular formula is C13H8BrCl2NO3. The molecule has 0 atom stereocenters. The van der Waals surface area contributed by atoms with Crippen LogP contribution >= 0.6 is 39.1 Å². The minimum Gasteiger partial charge on any atom is -0.478 e. The van der Waals surface area contributed by atoms with Crippen molar-refractivity contribution in [3.05, 3.63) is 50.0 Å². The third kappa shape index (κ3) is 3.23. The van der Waals surface area contributed by atoms with Gasteiger partial charge in [-0.15, -0.1) is 0 Å². The summed E-state index contributed by atoms with van der Waals surface area (Å²) in [6.07, 6.45) is 0. The molecule has 20 heavy (non-hydrogen) atoms. The second-order valence-corrected chi connectivity index (χ2v) is 5.56. The van der Waals surface area contributed by atoms with Crippen LogP contribution in [0.1, 0.15) is 16.1 Å². The Kier molecular flexibility index (Phi) is 4.52. The molecule has 0 amide bonds. The second-order valence-electron chi connectivity index (χ2n) is 3.89. The first-order chi connectivity index (χ1) is 9.38. The number of aromatic nitrogens is 1. The van der Waals surface area contributed by atoms with E-state index in [1.165, 1.54) is 12.1 Å². The van der Waals surface area contributed by atoms with Crippen LogP contribution in [0.2, 0.25) is 10.0 Å². The number of hydrogen-bond acceptors (Lipinski definition) is 3. The first kappa shape index (κ1) is 15.1. The Labute approximate surface area is 133 Å². The van der Waals surface area contributed by atoms with E-state index in [4.69, 9.17) is 33.0 Å². The fourth-order valence-electron chi connectivity index (χ4n) is 1.52. The van der Waals surface area contributed by atoms with Crippen LogP contribution in [0.5, 0.6) is 11.6 Å². The van der Waals surface area contributed by atoms with Crippen LogP contribution in [0.3, 0.4) is 0 Å². The number of benzene rings is 1. The average Bonchev–Trinajstić information content (AvgIpc) is 2.35. The molecule has 0 unspecified atom stereocenters. The summed E-state index contributed by atoms with van der Waals surface area (Å²) in [7, 11) is 0. The van der Waals surface area contributed by atoms with Crippen molar-refractivity contribution in [2.45, 2.75) is 6.92 Å². The van der Waals surface area contributed by atoms with Gasteiger partial charge in [0.15, 0.2) is 0 Å². The fraction of sp³-hybridized carbons (Fsp3) is 0.0769. The molecule has 0 saturated heterocycles. The molecule has 0 saturated carbocycles. The molecule has 0 spiro atoms. The number of nitrogens with zero attached hydrogens (tertiary/aromatic N) is 1. The van der Waals surface area contributed by atoms with E-state index in [0.29, 0.717) is 26.0 Å². The zero-order chi connectivity index (χ0) is 14.9. The summed E-state index contributed by atoms with van der Waals surface area (Å²) in [5.74, 6) is -0.450. The van der Waals surface area contributed by atoms with E-state index in [1.54, 1.807) is 19.1 Å². The lowest BCUT2D eigenvalue weighted by atomic mass is 10.2. The minimum atomic E-state index is -1.04. The van der Waals surface area contributed by atoms with Crippen molar-refractivity contribution in [1.29, 1.82) is 0 Å². The summed E-state index contributed by atoms with van der Waals surface area (Å²) in [5, 5.41) is 9.74. The number of carbonyl (C=O) groups is 1. The summed E-state index contributed by atoms with van der Waals surface area (Å²) >= 11 is 15.3. The van der Waals surface area contributed by atoms with Crippen molar-refractivity contribution in [1.82, 2.24) is 4.98 Å². The Morgan fingerprint density at radius 2 is 2.00 bits per heavy atom. The summed E-state index contributed by atoms with van der Waals surface area (Å²) in [4.78, 5) is 15.0. The lowest BCUT2D eigenvalue weighted by Crippen LogP contribution is -2.02. The summed E-state index contributed by atoms with van der Waals surface area (Å²) < 4.78 is 6.17. The van der Waals surface area contributed by atoms with E-state index in [0.717, 1.165) is 0 Å². The molecular weight excluding hydrogens is 369 g/mol. The van der Waals surface area contributed by atoms with Gasteiger partial charge in [-0.1, -0.05) is 23.2 Å². The van der Waals surface area contributed by atoms with Gasteiger partial charge in [0.2, 0.25) is 5.88 Å². The highest BCUT2D eigenvalue weighted by Gasteiger charge is 2.12. The maximum absolute atomic E-state index is 10.9. The maximum atomic E-state index is 10.9. The van der Waals surface area contributed by atoms with E-state index >= 15 is 0 Å². The molecule has 0 radical (unpaired) electrons. The van der Waals surface area contributed by atoms with Gasteiger partial charge >= 0.3 is 5.97 Å². The van der Waals surface area contributed by atoms with Crippen molar-refractivity contribution >= 4 is 45.1 Å². The zero-order valence-corrected chi connectivity index (χ0v) is 13.3. The highest BCUT2D eigenvalue weighted by Crippen LogP contribution is 2.36. The van der Waals surface area contributed by atoms with Gasteiger partial charge in [0.25, 0.3) is 0 Å². The molecule has 0 aliphatic heterocycles. The Morgan fingerprint density at radius 1 is 1.30 bits per heavy atom. The Bertz CT molecular complexity index is 692. The van der Waals surface area contributed by atoms with Crippen LogP contribution in [0, 0.1) is 6.92 Å². The van der Waals surface area contributed by atoms with E-state index < -0.39 is 5.97 Å². The molecule has 4 nitrogen and oxygen atoms in total. The molecule has 7 heteroatoms. The van der Waals surface area contributed by atoms with Gasteiger partial charge in [0.05, 0.1) is 21.3 Å². The first-order valence-corrected chi connectivity index (χ1v) is 6.96. The van der Waals surface area contributed by atoms with E-state index in [9.17, 15) is 4.79 Å². The van der Waals surface area contributed by atoms with Crippen molar-refractivity contribution in [2.24, 2.45) is 0 Å². The standard InChI is InChI=1S/C13H8BrCl2NO3/c1-6-7(13(18)19)2-3-12(17-6)20-11-5-9(15)8(14)4-10(11)16/h2-5H,1H3,(H,18,19). The molecule has 2 rings (SSSR count). The highest BCUT2D eigenvalue weighted by atomic mass is 79.9. The van der Waals surface area contributed by atoms with Gasteiger partial charge < -0.3 is 9.84 Å². The molecule has 0 aliphatic carbocycles. The van der Waals surface area contributed by atoms with Crippen LogP contribution in [0.15, 0.2) is 28.7 Å². The summed E-state index contributed by atoms with van der Waals surface area (Å²) in [5.41, 5.74) is 0.478. The molecule has 104 valence electrons. The van der Waals surface area contributed by atoms with Gasteiger partial charge in [-0.2, -0.15) is 0 Å². The third-order valence-electron chi connectivity index (χ3n) is 2.48. The van der Waals surface area contributed by atoms with E-state index in [1.807, 2.05) is 0 Å². The van der Waals surface area contributed by atoms with Crippen LogP contribution in [0.4, 0.5) is 0 Å². The number of ether oxygens (including phenoxy) is 1. The van der Waals surface area contributed by atoms with Crippen molar-refractivity contribution in [2.75, 3.05) is 0 Å². The third-order valence-corrected chi connectivity index (χ3v) is 3.97. The number of halogens is 3. The minimum absolute atomic E-state index is 0.122. The zero-order valence-electron chi connectivity index (χ0n) is 10.2. The van der Waals surface area contributed by atoms with Gasteiger partial charge in [0.1, 0.15) is 5.75 Å². The number of aryl methyl sites for hydroxylation is 1. The SMILES string of the molecule is Cc1nc(Oc2cc(Cl)c(Br)cc2Cl)ccc1C(=O)O. The second kappa shape index (κ2) is 5.99. The molecule has 0 aliphatic rings. The van der Waals surface area contributed by atoms with Gasteiger partial charge in [-0.3, -0.25) is 0 Å². The molecule has 0 fully saturated rings. The molecule has 1 N–H and O–H groups in total. The van der Waals surface area contributed by atoms with Crippen LogP contribution in [-0.2, 0) is 0 Å². The van der Waals surface area contributed by atoms with Crippen LogP contribution in [0.25, 0.3) is 0 Å². The summed E-state index contributed by atoms with van der Waals surface area (Å²) in [6.45, 7) is 1.59. The molecule has 1 aromatic heterocycles. The van der Waals surface area contributed by atoms with Crippen molar-refractivity contribution in [3.8, 4) is 11.6 Å². The van der Waals surface area contributed by atoms with Crippen LogP contribution < -0.4 is 4.74 Å². The average molecular weight is 377 g/mol. The predicted octanol–water partition coefficient (Wildman–Crippen LogP) is 4.95. The molecule has 1 heterocycles. The lowest BCUT2D eigenvalue weighted by Gasteiger charge is -2.09. The maximum Gasteiger partial charge on any atom is 0.337 e. The monoisotopic (exact) mass is 375 g/mol. The first-order valence-electron chi connectivity index (χ1n) is 5.42. The largest absolute Gasteiger partial charge is 0.478 e. The highest BCUT2D eigenvalue weighted by molar-refractivity contribution is 9.10. The number of carboxylic acid groups (broad SMARTS) is 1. The Balaban J connectivity index is 2.33. The van der Waals surface area contributed by atoms with Crippen molar-refractivity contribution in [3.63, 3.8) is 0 Å². The Hall–Kier alpha value is -1.30. The number of hydrogen-bond donors (Lipinski definition) is 1. The van der Waals surface area contributed by atoms with Gasteiger partial charge in [-0.25, -0.2) is 9.78 Å². The molecule has 2 aromatic rings. The molecule has 1 aromatic carbocycles. The normalized spacial score (nSPS) is 10.4. The number of aromatic carboxylic acids is 1. The number of pyridine rings is 1. The van der Waals surface area contributed by atoms with Gasteiger partial charge in [0, 0.05) is 16.6 Å². The van der Waals surface area contributed by atoms with Crippen LogP contribution in [-0.4, -0.2) is 16.1 Å². The van der Waals surface area contributed by atoms with E-state index in [2.05, 4.69) is 20.9 Å². The molecule has 0 bridgehead atoms. The van der Waals surface area contributed by atoms with Crippen molar-refractivity contribution < 1.29 is 14.6 Å². The smallest absolute Gasteiger partial charge is 0.337 e. The van der Waals surface area contributed by atoms with E-state index in [-0.39, 0.29) is 11.4 Å². The quantitative estimate of drug-likeness (QED) is 0.770. The lowest BCUT2D eigenvalue weighted by molar-refractivity contribution is 0.0695. The van der Waals surface area contributed by atoms with Gasteiger partial charge in [-0.05, 0) is 35.0 Å².